The van der Waals surface area contributed by atoms with Crippen molar-refractivity contribution in [3.8, 4) is 16.9 Å². The van der Waals surface area contributed by atoms with Crippen LogP contribution in [0.5, 0.6) is 0 Å². The molecule has 1 saturated heterocycles. The van der Waals surface area contributed by atoms with Gasteiger partial charge in [0.2, 0.25) is 5.91 Å². The molecule has 9 nitrogen and oxygen atoms in total. The summed E-state index contributed by atoms with van der Waals surface area (Å²) in [6, 6.07) is 5.17. The maximum atomic E-state index is 15.8. The molecule has 0 spiro atoms. The first-order valence-electron chi connectivity index (χ1n) is 13.0. The van der Waals surface area contributed by atoms with Crippen LogP contribution in [0.2, 0.25) is 0 Å². The van der Waals surface area contributed by atoms with Crippen molar-refractivity contribution < 1.29 is 22.7 Å². The van der Waals surface area contributed by atoms with E-state index < -0.39 is 34.4 Å². The van der Waals surface area contributed by atoms with Gasteiger partial charge in [0.25, 0.3) is 0 Å². The molecule has 1 aliphatic rings. The highest BCUT2D eigenvalue weighted by Gasteiger charge is 2.34. The third kappa shape index (κ3) is 4.58. The average molecular weight is 565 g/mol. The number of pyridine rings is 2. The Morgan fingerprint density at radius 1 is 1.20 bits per heavy atom. The normalized spacial score (nSPS) is 15.4. The van der Waals surface area contributed by atoms with Crippen molar-refractivity contribution in [2.45, 2.75) is 33.2 Å². The zero-order valence-electron chi connectivity index (χ0n) is 22.7. The number of rotatable bonds is 5. The number of anilines is 1. The van der Waals surface area contributed by atoms with E-state index in [-0.39, 0.29) is 58.9 Å². The van der Waals surface area contributed by atoms with Crippen LogP contribution < -0.4 is 15.3 Å². The topological polar surface area (TPSA) is 98.3 Å². The van der Waals surface area contributed by atoms with Crippen LogP contribution in [0.3, 0.4) is 0 Å². The molecule has 5 rings (SSSR count). The largest absolute Gasteiger partial charge is 0.710 e. The van der Waals surface area contributed by atoms with Gasteiger partial charge >= 0.3 is 11.3 Å². The van der Waals surface area contributed by atoms with E-state index in [9.17, 15) is 23.6 Å². The van der Waals surface area contributed by atoms with Gasteiger partial charge in [-0.2, -0.15) is 4.98 Å². The second kappa shape index (κ2) is 10.7. The Morgan fingerprint density at radius 3 is 2.54 bits per heavy atom. The molecule has 0 unspecified atom stereocenters. The molecule has 3 aromatic heterocycles. The van der Waals surface area contributed by atoms with Crippen LogP contribution >= 0.6 is 0 Å². The Bertz CT molecular complexity index is 1750. The van der Waals surface area contributed by atoms with Crippen molar-refractivity contribution in [3.63, 3.8) is 0 Å². The molecule has 0 N–H and O–H groups in total. The van der Waals surface area contributed by atoms with E-state index in [1.165, 1.54) is 6.08 Å². The number of hydrogen-bond acceptors (Lipinski definition) is 6. The summed E-state index contributed by atoms with van der Waals surface area (Å²) in [7, 11) is 0. The van der Waals surface area contributed by atoms with Crippen LogP contribution in [0.1, 0.15) is 25.1 Å². The highest BCUT2D eigenvalue weighted by Crippen LogP contribution is 2.33. The monoisotopic (exact) mass is 564 g/mol. The van der Waals surface area contributed by atoms with Crippen molar-refractivity contribution in [3.05, 3.63) is 93.6 Å². The van der Waals surface area contributed by atoms with E-state index in [1.807, 2.05) is 6.92 Å². The Balaban J connectivity index is 1.87. The molecule has 1 fully saturated rings. The first-order valence-corrected chi connectivity index (χ1v) is 13.0. The first-order chi connectivity index (χ1) is 19.6. The number of nitrogens with zero attached hydrogens (tertiary/aromatic N) is 6. The number of benzene rings is 1. The number of halogens is 3. The third-order valence-electron chi connectivity index (χ3n) is 7.32. The molecule has 1 atom stereocenters. The molecule has 1 aliphatic heterocycles. The molecule has 0 saturated carbocycles. The van der Waals surface area contributed by atoms with Crippen molar-refractivity contribution in [1.29, 1.82) is 0 Å². The highest BCUT2D eigenvalue weighted by atomic mass is 19.1. The zero-order chi connectivity index (χ0) is 29.6. The van der Waals surface area contributed by atoms with Crippen molar-refractivity contribution in [2.24, 2.45) is 0 Å². The Labute approximate surface area is 233 Å². The molecule has 1 aromatic carbocycles. The number of piperazine rings is 1. The fourth-order valence-corrected chi connectivity index (χ4v) is 5.38. The number of amides is 1. The van der Waals surface area contributed by atoms with Gasteiger partial charge in [-0.1, -0.05) is 19.6 Å². The molecular weight excluding hydrogens is 537 g/mol. The van der Waals surface area contributed by atoms with E-state index in [0.29, 0.717) is 17.7 Å². The third-order valence-corrected chi connectivity index (χ3v) is 7.32. The van der Waals surface area contributed by atoms with Crippen molar-refractivity contribution in [2.75, 3.05) is 24.5 Å². The molecule has 41 heavy (non-hydrogen) atoms. The smallest absolute Gasteiger partial charge is 0.442 e. The van der Waals surface area contributed by atoms with Crippen LogP contribution in [-0.2, 0) is 11.2 Å². The molecule has 0 bridgehead atoms. The van der Waals surface area contributed by atoms with Gasteiger partial charge in [-0.3, -0.25) is 9.78 Å². The van der Waals surface area contributed by atoms with Gasteiger partial charge < -0.3 is 15.0 Å². The van der Waals surface area contributed by atoms with Gasteiger partial charge in [0.1, 0.15) is 17.0 Å². The minimum atomic E-state index is -1.20. The second-order valence-corrected chi connectivity index (χ2v) is 9.83. The summed E-state index contributed by atoms with van der Waals surface area (Å²) in [6.45, 7) is 9.60. The Hall–Kier alpha value is -4.74. The second-order valence-electron chi connectivity index (χ2n) is 9.83. The fourth-order valence-electron chi connectivity index (χ4n) is 5.38. The highest BCUT2D eigenvalue weighted by molar-refractivity contribution is 5.89. The van der Waals surface area contributed by atoms with Crippen molar-refractivity contribution in [1.82, 2.24) is 19.4 Å². The predicted octanol–water partition coefficient (Wildman–Crippen LogP) is 3.59. The predicted molar refractivity (Wildman–Crippen MR) is 147 cm³/mol. The number of carbonyl (C=O) groups excluding carboxylic acids is 1. The Kier molecular flexibility index (Phi) is 7.24. The van der Waals surface area contributed by atoms with E-state index >= 15 is 4.39 Å². The lowest BCUT2D eigenvalue weighted by atomic mass is 10.1. The van der Waals surface area contributed by atoms with E-state index in [2.05, 4.69) is 16.5 Å². The van der Waals surface area contributed by atoms with Crippen LogP contribution in [0.4, 0.5) is 19.0 Å². The fraction of sp³-hybridized carbons (Fsp3) is 0.276. The molecule has 1 amide bonds. The summed E-state index contributed by atoms with van der Waals surface area (Å²) >= 11 is 0. The zero-order valence-corrected chi connectivity index (χ0v) is 22.7. The average Bonchev–Trinajstić information content (AvgIpc) is 2.94. The maximum Gasteiger partial charge on any atom is 0.442 e. The lowest BCUT2D eigenvalue weighted by molar-refractivity contribution is -0.569. The lowest BCUT2D eigenvalue weighted by Gasteiger charge is -2.40. The molecule has 0 radical (unpaired) electrons. The summed E-state index contributed by atoms with van der Waals surface area (Å²) in [5.74, 6) is -3.72. The Morgan fingerprint density at radius 2 is 1.90 bits per heavy atom. The first kappa shape index (κ1) is 27.8. The molecule has 212 valence electrons. The number of carbonyl (C=O) groups is 1. The van der Waals surface area contributed by atoms with E-state index in [1.54, 1.807) is 35.9 Å². The van der Waals surface area contributed by atoms with Gasteiger partial charge in [0, 0.05) is 31.9 Å². The van der Waals surface area contributed by atoms with Crippen LogP contribution in [-0.4, -0.2) is 51.0 Å². The molecule has 4 aromatic rings. The SMILES string of the molecule is C=CC(=O)N1CCN(c2nc(=O)n(-c3c(C)ccnc3CC)c3c2cc(F)c(-c2c(F)cccc2F)[n+]3[O-])[C@@H](C)C1. The van der Waals surface area contributed by atoms with Crippen LogP contribution in [0, 0.1) is 29.6 Å². The van der Waals surface area contributed by atoms with Gasteiger partial charge in [-0.25, -0.2) is 22.7 Å². The van der Waals surface area contributed by atoms with Crippen molar-refractivity contribution >= 4 is 22.8 Å². The quantitative estimate of drug-likeness (QED) is 0.209. The minimum absolute atomic E-state index is 0.0168. The van der Waals surface area contributed by atoms with E-state index in [4.69, 9.17) is 0 Å². The standard InChI is InChI=1S/C29H27F3N6O3/c1-5-22-25(16(3)10-11-33-22)37-28-18(14-21(32)26(38(28)41)24-19(30)8-7-9-20(24)31)27(34-29(37)40)36-13-12-35(15-17(36)4)23(39)6-2/h6-11,14,17H,2,5,12-13,15H2,1,3-4H3/t17-/m0/s1. The van der Waals surface area contributed by atoms with Crippen LogP contribution in [0.25, 0.3) is 28.0 Å². The van der Waals surface area contributed by atoms with Gasteiger partial charge in [0.15, 0.2) is 23.0 Å². The molecule has 4 heterocycles. The maximum absolute atomic E-state index is 15.8. The van der Waals surface area contributed by atoms with Gasteiger partial charge in [-0.05, 0) is 56.2 Å². The molecular formula is C29H27F3N6O3. The summed E-state index contributed by atoms with van der Waals surface area (Å²) < 4.78 is 46.5. The number of aryl methyl sites for hydroxylation is 2. The molecule has 0 aliphatic carbocycles. The van der Waals surface area contributed by atoms with E-state index in [0.717, 1.165) is 28.8 Å². The lowest BCUT2D eigenvalue weighted by Crippen LogP contribution is -2.54. The summed E-state index contributed by atoms with van der Waals surface area (Å²) in [4.78, 5) is 37.9. The summed E-state index contributed by atoms with van der Waals surface area (Å²) in [6.07, 6.45) is 3.15. The number of hydrogen-bond donors (Lipinski definition) is 0. The number of aromatic nitrogens is 4. The van der Waals surface area contributed by atoms with Crippen LogP contribution in [0.15, 0.2) is 54.0 Å². The number of fused-ring (bicyclic) bond motifs is 1. The minimum Gasteiger partial charge on any atom is -0.710 e. The summed E-state index contributed by atoms with van der Waals surface area (Å²) in [5, 5.41) is 14.0. The van der Waals surface area contributed by atoms with Gasteiger partial charge in [0.05, 0.1) is 11.3 Å². The molecule has 12 heteroatoms. The summed E-state index contributed by atoms with van der Waals surface area (Å²) in [5.41, 5.74) is -1.66. The van der Waals surface area contributed by atoms with Gasteiger partial charge in [-0.15, -0.1) is 4.57 Å².